The Kier molecular flexibility index (Phi) is 5.09. The van der Waals surface area contributed by atoms with E-state index >= 15 is 0 Å². The predicted octanol–water partition coefficient (Wildman–Crippen LogP) is 3.92. The monoisotopic (exact) mass is 380 g/mol. The summed E-state index contributed by atoms with van der Waals surface area (Å²) < 4.78 is 28.7. The molecular formula is C20H17FN4O3. The summed E-state index contributed by atoms with van der Waals surface area (Å²) in [6.07, 6.45) is 4.82. The molecule has 0 atom stereocenters. The van der Waals surface area contributed by atoms with Crippen LogP contribution in [0.2, 0.25) is 0 Å². The van der Waals surface area contributed by atoms with Crippen molar-refractivity contribution in [2.75, 3.05) is 13.3 Å². The average Bonchev–Trinajstić information content (AvgIpc) is 3.15. The van der Waals surface area contributed by atoms with E-state index in [1.165, 1.54) is 6.20 Å². The van der Waals surface area contributed by atoms with Crippen LogP contribution in [-0.2, 0) is 6.61 Å². The first-order chi connectivity index (χ1) is 13.7. The Morgan fingerprint density at radius 3 is 2.68 bits per heavy atom. The number of alkyl halides is 1. The number of nitrogens with zero attached hydrogens (tertiary/aromatic N) is 4. The molecule has 7 nitrogen and oxygen atoms in total. The molecule has 0 amide bonds. The SMILES string of the molecule is Cc1ccnc(-c2nc3cc(OCc4ccc(OCCF)cn4)cnc3o2)c1. The van der Waals surface area contributed by atoms with Gasteiger partial charge < -0.3 is 13.9 Å². The number of pyridine rings is 3. The second kappa shape index (κ2) is 7.99. The second-order valence-corrected chi connectivity index (χ2v) is 6.04. The van der Waals surface area contributed by atoms with Crippen LogP contribution in [0, 0.1) is 6.92 Å². The summed E-state index contributed by atoms with van der Waals surface area (Å²) in [7, 11) is 0. The molecule has 0 unspecified atom stereocenters. The summed E-state index contributed by atoms with van der Waals surface area (Å²) in [5.41, 5.74) is 3.42. The summed E-state index contributed by atoms with van der Waals surface area (Å²) >= 11 is 0. The van der Waals surface area contributed by atoms with Gasteiger partial charge in [0.1, 0.15) is 42.6 Å². The van der Waals surface area contributed by atoms with Crippen LogP contribution in [0.25, 0.3) is 22.8 Å². The second-order valence-electron chi connectivity index (χ2n) is 6.04. The zero-order chi connectivity index (χ0) is 19.3. The molecule has 4 aromatic rings. The van der Waals surface area contributed by atoms with Crippen molar-refractivity contribution in [3.8, 4) is 23.1 Å². The van der Waals surface area contributed by atoms with Gasteiger partial charge in [-0.25, -0.2) is 14.4 Å². The number of aromatic nitrogens is 4. The lowest BCUT2D eigenvalue weighted by molar-refractivity contribution is 0.271. The average molecular weight is 380 g/mol. The fourth-order valence-electron chi connectivity index (χ4n) is 2.54. The Bertz CT molecular complexity index is 1080. The first-order valence-electron chi connectivity index (χ1n) is 8.67. The number of aryl methyl sites for hydroxylation is 1. The Morgan fingerprint density at radius 2 is 1.89 bits per heavy atom. The van der Waals surface area contributed by atoms with Crippen molar-refractivity contribution in [2.24, 2.45) is 0 Å². The molecule has 8 heteroatoms. The molecule has 0 aliphatic heterocycles. The highest BCUT2D eigenvalue weighted by Crippen LogP contribution is 2.25. The largest absolute Gasteiger partial charge is 0.489 e. The van der Waals surface area contributed by atoms with Crippen LogP contribution in [0.3, 0.4) is 0 Å². The topological polar surface area (TPSA) is 83.2 Å². The Labute approximate surface area is 160 Å². The van der Waals surface area contributed by atoms with Crippen LogP contribution in [0.15, 0.2) is 53.3 Å². The van der Waals surface area contributed by atoms with E-state index in [2.05, 4.69) is 19.9 Å². The summed E-state index contributed by atoms with van der Waals surface area (Å²) in [4.78, 5) is 17.2. The van der Waals surface area contributed by atoms with Gasteiger partial charge in [-0.1, -0.05) is 0 Å². The number of ether oxygens (including phenoxy) is 2. The molecule has 0 aliphatic carbocycles. The Balaban J connectivity index is 1.46. The van der Waals surface area contributed by atoms with Crippen LogP contribution >= 0.6 is 0 Å². The highest BCUT2D eigenvalue weighted by atomic mass is 19.1. The van der Waals surface area contributed by atoms with Crippen LogP contribution in [-0.4, -0.2) is 33.2 Å². The molecule has 0 fully saturated rings. The van der Waals surface area contributed by atoms with E-state index in [4.69, 9.17) is 13.9 Å². The number of hydrogen-bond donors (Lipinski definition) is 0. The molecule has 0 aliphatic rings. The molecule has 28 heavy (non-hydrogen) atoms. The molecular weight excluding hydrogens is 363 g/mol. The third-order valence-electron chi connectivity index (χ3n) is 3.89. The van der Waals surface area contributed by atoms with Gasteiger partial charge >= 0.3 is 0 Å². The number of oxazole rings is 1. The third kappa shape index (κ3) is 4.06. The number of hydrogen-bond acceptors (Lipinski definition) is 7. The lowest BCUT2D eigenvalue weighted by Gasteiger charge is -2.06. The third-order valence-corrected chi connectivity index (χ3v) is 3.89. The van der Waals surface area contributed by atoms with Crippen molar-refractivity contribution >= 4 is 11.2 Å². The quantitative estimate of drug-likeness (QED) is 0.480. The van der Waals surface area contributed by atoms with Gasteiger partial charge in [0.15, 0.2) is 0 Å². The minimum Gasteiger partial charge on any atom is -0.489 e. The van der Waals surface area contributed by atoms with E-state index in [1.54, 1.807) is 30.6 Å². The minimum absolute atomic E-state index is 0.0148. The van der Waals surface area contributed by atoms with Gasteiger partial charge in [0.2, 0.25) is 11.6 Å². The van der Waals surface area contributed by atoms with E-state index < -0.39 is 6.67 Å². The molecule has 0 radical (unpaired) electrons. The summed E-state index contributed by atoms with van der Waals surface area (Å²) in [6.45, 7) is 1.71. The Hall–Kier alpha value is -3.55. The highest BCUT2D eigenvalue weighted by Gasteiger charge is 2.12. The van der Waals surface area contributed by atoms with E-state index in [0.717, 1.165) is 5.56 Å². The summed E-state index contributed by atoms with van der Waals surface area (Å²) in [5.74, 6) is 1.47. The maximum Gasteiger partial charge on any atom is 0.248 e. The van der Waals surface area contributed by atoms with Crippen molar-refractivity contribution in [1.82, 2.24) is 19.9 Å². The fourth-order valence-corrected chi connectivity index (χ4v) is 2.54. The van der Waals surface area contributed by atoms with E-state index in [0.29, 0.717) is 40.0 Å². The van der Waals surface area contributed by atoms with E-state index in [1.807, 2.05) is 19.1 Å². The molecule has 4 heterocycles. The summed E-state index contributed by atoms with van der Waals surface area (Å²) in [6, 6.07) is 9.04. The maximum absolute atomic E-state index is 12.1. The standard InChI is InChI=1S/C20H17FN4O3/c1-13-4-6-22-17(8-13)20-25-18-9-16(11-24-19(18)28-20)27-12-14-2-3-15(10-23-14)26-7-5-21/h2-4,6,8-11H,5,7,12H2,1H3. The fraction of sp³-hybridized carbons (Fsp3) is 0.200. The van der Waals surface area contributed by atoms with E-state index in [9.17, 15) is 4.39 Å². The van der Waals surface area contributed by atoms with Gasteiger partial charge in [-0.15, -0.1) is 0 Å². The van der Waals surface area contributed by atoms with Crippen molar-refractivity contribution < 1.29 is 18.3 Å². The number of rotatable bonds is 7. The van der Waals surface area contributed by atoms with Gasteiger partial charge in [-0.2, -0.15) is 0 Å². The first kappa shape index (κ1) is 17.8. The number of fused-ring (bicyclic) bond motifs is 1. The van der Waals surface area contributed by atoms with Gasteiger partial charge in [0.05, 0.1) is 18.1 Å². The maximum atomic E-state index is 12.1. The first-order valence-corrected chi connectivity index (χ1v) is 8.67. The van der Waals surface area contributed by atoms with E-state index in [-0.39, 0.29) is 13.2 Å². The minimum atomic E-state index is -0.538. The molecule has 0 saturated heterocycles. The lowest BCUT2D eigenvalue weighted by atomic mass is 10.2. The van der Waals surface area contributed by atoms with Gasteiger partial charge in [-0.3, -0.25) is 9.97 Å². The normalized spacial score (nSPS) is 10.9. The molecule has 0 spiro atoms. The van der Waals surface area contributed by atoms with Crippen LogP contribution in [0.1, 0.15) is 11.3 Å². The molecule has 0 N–H and O–H groups in total. The van der Waals surface area contributed by atoms with Crippen molar-refractivity contribution in [1.29, 1.82) is 0 Å². The van der Waals surface area contributed by atoms with Gasteiger partial charge in [-0.05, 0) is 36.8 Å². The van der Waals surface area contributed by atoms with Crippen LogP contribution in [0.4, 0.5) is 4.39 Å². The van der Waals surface area contributed by atoms with Crippen molar-refractivity contribution in [3.63, 3.8) is 0 Å². The molecule has 142 valence electrons. The van der Waals surface area contributed by atoms with Crippen LogP contribution < -0.4 is 9.47 Å². The smallest absolute Gasteiger partial charge is 0.248 e. The molecule has 0 aromatic carbocycles. The van der Waals surface area contributed by atoms with Crippen molar-refractivity contribution in [3.05, 3.63) is 60.2 Å². The van der Waals surface area contributed by atoms with Crippen LogP contribution in [0.5, 0.6) is 11.5 Å². The predicted molar refractivity (Wildman–Crippen MR) is 99.8 cm³/mol. The molecule has 0 bridgehead atoms. The molecule has 4 rings (SSSR count). The van der Waals surface area contributed by atoms with Crippen molar-refractivity contribution in [2.45, 2.75) is 13.5 Å². The Morgan fingerprint density at radius 1 is 1.00 bits per heavy atom. The number of halogens is 1. The lowest BCUT2D eigenvalue weighted by Crippen LogP contribution is -2.01. The zero-order valence-corrected chi connectivity index (χ0v) is 15.1. The molecule has 4 aromatic heterocycles. The summed E-state index contributed by atoms with van der Waals surface area (Å²) in [5, 5.41) is 0. The van der Waals surface area contributed by atoms with Gasteiger partial charge in [0.25, 0.3) is 0 Å². The molecule has 0 saturated carbocycles. The van der Waals surface area contributed by atoms with Gasteiger partial charge in [0, 0.05) is 12.3 Å². The zero-order valence-electron chi connectivity index (χ0n) is 15.1. The highest BCUT2D eigenvalue weighted by molar-refractivity contribution is 5.73.